The second-order valence-electron chi connectivity index (χ2n) is 5.81. The van der Waals surface area contributed by atoms with Crippen LogP contribution in [0.3, 0.4) is 0 Å². The van der Waals surface area contributed by atoms with E-state index in [1.54, 1.807) is 0 Å². The van der Waals surface area contributed by atoms with Gasteiger partial charge in [0.2, 0.25) is 15.9 Å². The second-order valence-corrected chi connectivity index (χ2v) is 7.59. The fourth-order valence-corrected chi connectivity index (χ4v) is 3.13. The van der Waals surface area contributed by atoms with E-state index in [1.165, 1.54) is 0 Å². The molecular formula is C12H22N2O6S. The molecule has 122 valence electrons. The number of hydrogen-bond donors (Lipinski definition) is 3. The Labute approximate surface area is 124 Å². The molecule has 9 heteroatoms. The molecule has 0 spiro atoms. The minimum Gasteiger partial charge on any atom is -0.480 e. The van der Waals surface area contributed by atoms with Crippen molar-refractivity contribution >= 4 is 21.9 Å². The Kier molecular flexibility index (Phi) is 5.71. The van der Waals surface area contributed by atoms with Crippen LogP contribution in [0, 0.1) is 5.92 Å². The number of hydrogen-bond acceptors (Lipinski definition) is 5. The van der Waals surface area contributed by atoms with Crippen molar-refractivity contribution in [2.45, 2.75) is 44.9 Å². The van der Waals surface area contributed by atoms with E-state index in [9.17, 15) is 23.1 Å². The van der Waals surface area contributed by atoms with Gasteiger partial charge in [0.25, 0.3) is 0 Å². The van der Waals surface area contributed by atoms with Gasteiger partial charge < -0.3 is 15.1 Å². The first-order valence-corrected chi connectivity index (χ1v) is 8.59. The van der Waals surface area contributed by atoms with E-state index in [0.717, 1.165) is 11.2 Å². The highest BCUT2D eigenvalue weighted by Crippen LogP contribution is 2.21. The Hall–Kier alpha value is -1.19. The Morgan fingerprint density at radius 3 is 2.38 bits per heavy atom. The van der Waals surface area contributed by atoms with Gasteiger partial charge in [-0.15, -0.1) is 0 Å². The van der Waals surface area contributed by atoms with Crippen LogP contribution in [0.2, 0.25) is 0 Å². The fraction of sp³-hybridized carbons (Fsp3) is 0.833. The Morgan fingerprint density at radius 1 is 1.38 bits per heavy atom. The summed E-state index contributed by atoms with van der Waals surface area (Å²) in [6, 6.07) is -2.14. The van der Waals surface area contributed by atoms with Crippen molar-refractivity contribution in [1.29, 1.82) is 0 Å². The number of rotatable bonds is 6. The van der Waals surface area contributed by atoms with Crippen molar-refractivity contribution in [3.8, 4) is 0 Å². The summed E-state index contributed by atoms with van der Waals surface area (Å²) in [6.45, 7) is 3.56. The molecule has 0 saturated carbocycles. The van der Waals surface area contributed by atoms with Crippen molar-refractivity contribution in [2.24, 2.45) is 5.92 Å². The standard InChI is InChI=1S/C12H22N2O6S/c1-7(2)4-9(13-21(3,19)20)11(16)14-6-8(15)5-10(14)12(17)18/h7-10,13,15H,4-6H2,1-3H3,(H,17,18)/t8-,9?,10-/m0/s1. The average Bonchev–Trinajstić information content (AvgIpc) is 2.67. The van der Waals surface area contributed by atoms with Gasteiger partial charge in [0.15, 0.2) is 0 Å². The predicted molar refractivity (Wildman–Crippen MR) is 75.0 cm³/mol. The number of aliphatic hydroxyl groups is 1. The number of carboxylic acid groups (broad SMARTS) is 1. The summed E-state index contributed by atoms with van der Waals surface area (Å²) in [4.78, 5) is 24.6. The summed E-state index contributed by atoms with van der Waals surface area (Å²) < 4.78 is 25.0. The predicted octanol–water partition coefficient (Wildman–Crippen LogP) is -1.00. The molecule has 0 aromatic carbocycles. The van der Waals surface area contributed by atoms with Gasteiger partial charge in [-0.05, 0) is 12.3 Å². The summed E-state index contributed by atoms with van der Waals surface area (Å²) in [7, 11) is -3.60. The van der Waals surface area contributed by atoms with Gasteiger partial charge in [0.05, 0.1) is 12.4 Å². The zero-order chi connectivity index (χ0) is 16.4. The van der Waals surface area contributed by atoms with Crippen molar-refractivity contribution < 1.29 is 28.2 Å². The molecule has 1 heterocycles. The van der Waals surface area contributed by atoms with E-state index in [1.807, 2.05) is 13.8 Å². The molecule has 1 aliphatic heterocycles. The second kappa shape index (κ2) is 6.71. The molecule has 1 fully saturated rings. The first kappa shape index (κ1) is 17.9. The molecule has 8 nitrogen and oxygen atoms in total. The lowest BCUT2D eigenvalue weighted by Gasteiger charge is -2.27. The molecule has 1 rings (SSSR count). The third-order valence-electron chi connectivity index (χ3n) is 3.21. The Balaban J connectivity index is 2.95. The first-order valence-electron chi connectivity index (χ1n) is 6.70. The number of aliphatic hydroxyl groups excluding tert-OH is 1. The van der Waals surface area contributed by atoms with Crippen LogP contribution in [0.25, 0.3) is 0 Å². The highest BCUT2D eigenvalue weighted by molar-refractivity contribution is 7.88. The molecule has 0 radical (unpaired) electrons. The van der Waals surface area contributed by atoms with E-state index in [2.05, 4.69) is 4.72 Å². The van der Waals surface area contributed by atoms with Crippen molar-refractivity contribution in [3.63, 3.8) is 0 Å². The zero-order valence-corrected chi connectivity index (χ0v) is 13.1. The third kappa shape index (κ3) is 5.25. The quantitative estimate of drug-likeness (QED) is 0.576. The first-order chi connectivity index (χ1) is 9.51. The number of nitrogens with zero attached hydrogens (tertiary/aromatic N) is 1. The van der Waals surface area contributed by atoms with Gasteiger partial charge in [-0.1, -0.05) is 13.8 Å². The summed E-state index contributed by atoms with van der Waals surface area (Å²) in [5.41, 5.74) is 0. The third-order valence-corrected chi connectivity index (χ3v) is 3.92. The molecule has 0 aromatic rings. The molecule has 21 heavy (non-hydrogen) atoms. The SMILES string of the molecule is CC(C)CC(NS(C)(=O)=O)C(=O)N1C[C@@H](O)C[C@H]1C(=O)O. The van der Waals surface area contributed by atoms with Crippen LogP contribution < -0.4 is 4.72 Å². The van der Waals surface area contributed by atoms with Gasteiger partial charge in [0.1, 0.15) is 12.1 Å². The number of sulfonamides is 1. The van der Waals surface area contributed by atoms with Gasteiger partial charge in [-0.25, -0.2) is 17.9 Å². The average molecular weight is 322 g/mol. The van der Waals surface area contributed by atoms with Crippen LogP contribution >= 0.6 is 0 Å². The maximum absolute atomic E-state index is 12.4. The van der Waals surface area contributed by atoms with E-state index in [4.69, 9.17) is 5.11 Å². The van der Waals surface area contributed by atoms with Crippen LogP contribution in [-0.4, -0.2) is 66.4 Å². The monoisotopic (exact) mass is 322 g/mol. The van der Waals surface area contributed by atoms with Crippen LogP contribution in [0.5, 0.6) is 0 Å². The number of likely N-dealkylation sites (tertiary alicyclic amines) is 1. The molecule has 1 unspecified atom stereocenters. The van der Waals surface area contributed by atoms with Crippen LogP contribution in [0.15, 0.2) is 0 Å². The maximum atomic E-state index is 12.4. The van der Waals surface area contributed by atoms with E-state index in [-0.39, 0.29) is 25.3 Å². The summed E-state index contributed by atoms with van der Waals surface area (Å²) in [5, 5.41) is 18.7. The number of aliphatic carboxylic acids is 1. The largest absolute Gasteiger partial charge is 0.480 e. The van der Waals surface area contributed by atoms with Gasteiger partial charge in [0, 0.05) is 13.0 Å². The lowest BCUT2D eigenvalue weighted by molar-refractivity contribution is -0.149. The number of nitrogens with one attached hydrogen (secondary N) is 1. The highest BCUT2D eigenvalue weighted by Gasteiger charge is 2.41. The fourth-order valence-electron chi connectivity index (χ4n) is 2.42. The van der Waals surface area contributed by atoms with E-state index in [0.29, 0.717) is 0 Å². The Bertz CT molecular complexity index is 504. The van der Waals surface area contributed by atoms with Crippen molar-refractivity contribution in [1.82, 2.24) is 9.62 Å². The topological polar surface area (TPSA) is 124 Å². The zero-order valence-electron chi connectivity index (χ0n) is 12.3. The summed E-state index contributed by atoms with van der Waals surface area (Å²) in [6.07, 6.45) is 0.244. The molecule has 0 bridgehead atoms. The number of carbonyl (C=O) groups excluding carboxylic acids is 1. The molecule has 1 saturated heterocycles. The Morgan fingerprint density at radius 2 is 1.95 bits per heavy atom. The van der Waals surface area contributed by atoms with Gasteiger partial charge in [-0.2, -0.15) is 0 Å². The van der Waals surface area contributed by atoms with Crippen LogP contribution in [0.1, 0.15) is 26.7 Å². The minimum atomic E-state index is -3.60. The van der Waals surface area contributed by atoms with Gasteiger partial charge >= 0.3 is 5.97 Å². The highest BCUT2D eigenvalue weighted by atomic mass is 32.2. The number of carbonyl (C=O) groups is 2. The molecule has 0 aromatic heterocycles. The smallest absolute Gasteiger partial charge is 0.326 e. The molecule has 1 aliphatic rings. The van der Waals surface area contributed by atoms with E-state index >= 15 is 0 Å². The van der Waals surface area contributed by atoms with Gasteiger partial charge in [-0.3, -0.25) is 4.79 Å². The molecule has 3 atom stereocenters. The lowest BCUT2D eigenvalue weighted by Crippen LogP contribution is -2.52. The maximum Gasteiger partial charge on any atom is 0.326 e. The minimum absolute atomic E-state index is 0.0454. The van der Waals surface area contributed by atoms with E-state index < -0.39 is 40.1 Å². The summed E-state index contributed by atoms with van der Waals surface area (Å²) in [5.74, 6) is -1.77. The van der Waals surface area contributed by atoms with Crippen molar-refractivity contribution in [3.05, 3.63) is 0 Å². The number of carboxylic acids is 1. The number of β-amino-alcohol motifs (C(OH)–C–C–N with tert-alkyl or cyclic N) is 1. The number of amides is 1. The molecule has 3 N–H and O–H groups in total. The molecule has 0 aliphatic carbocycles. The molecular weight excluding hydrogens is 300 g/mol. The summed E-state index contributed by atoms with van der Waals surface area (Å²) >= 11 is 0. The van der Waals surface area contributed by atoms with Crippen LogP contribution in [0.4, 0.5) is 0 Å². The molecule has 1 amide bonds. The normalized spacial score (nSPS) is 24.3. The van der Waals surface area contributed by atoms with Crippen molar-refractivity contribution in [2.75, 3.05) is 12.8 Å². The van der Waals surface area contributed by atoms with Crippen LogP contribution in [-0.2, 0) is 19.6 Å². The lowest BCUT2D eigenvalue weighted by atomic mass is 10.0.